The summed E-state index contributed by atoms with van der Waals surface area (Å²) in [4.78, 5) is 12.9. The molecule has 4 heteroatoms. The molecule has 0 saturated heterocycles. The summed E-state index contributed by atoms with van der Waals surface area (Å²) in [6.45, 7) is 0. The van der Waals surface area contributed by atoms with Gasteiger partial charge in [-0.2, -0.15) is 0 Å². The summed E-state index contributed by atoms with van der Waals surface area (Å²) in [7, 11) is 0. The van der Waals surface area contributed by atoms with E-state index in [2.05, 4.69) is 21.2 Å². The molecule has 4 fully saturated rings. The molecule has 0 aromatic heterocycles. The highest BCUT2D eigenvalue weighted by Gasteiger charge is 2.60. The van der Waals surface area contributed by atoms with Crippen LogP contribution in [0.25, 0.3) is 0 Å². The lowest BCUT2D eigenvalue weighted by Crippen LogP contribution is -2.57. The topological polar surface area (TPSA) is 29.1 Å². The van der Waals surface area contributed by atoms with Crippen molar-refractivity contribution in [1.29, 1.82) is 0 Å². The van der Waals surface area contributed by atoms with Crippen molar-refractivity contribution in [2.45, 2.75) is 43.4 Å². The van der Waals surface area contributed by atoms with E-state index in [0.717, 1.165) is 42.3 Å². The Hall–Kier alpha value is -0.540. The number of carbonyl (C=O) groups is 1. The van der Waals surface area contributed by atoms with Crippen molar-refractivity contribution in [1.82, 2.24) is 0 Å². The molecule has 1 amide bonds. The zero-order valence-corrected chi connectivity index (χ0v) is 14.2. The summed E-state index contributed by atoms with van der Waals surface area (Å²) >= 11 is 10.3. The summed E-state index contributed by atoms with van der Waals surface area (Å²) in [5, 5.41) is 3.14. The number of para-hydroxylation sites is 1. The van der Waals surface area contributed by atoms with Gasteiger partial charge in [-0.1, -0.05) is 12.1 Å². The van der Waals surface area contributed by atoms with Gasteiger partial charge in [0.25, 0.3) is 0 Å². The standard InChI is InChI=1S/C17H19BrClNO/c18-13-3-1-2-4-14(13)20-15(21)16-6-11-5-12(7-16)9-17(19,8-11)10-16/h1-4,11-12H,5-10H2,(H,20,21)/t11-,12-,16?,17?/m1/s1. The first-order valence-corrected chi connectivity index (χ1v) is 8.90. The highest BCUT2D eigenvalue weighted by atomic mass is 79.9. The smallest absolute Gasteiger partial charge is 0.230 e. The number of halogens is 2. The Morgan fingerprint density at radius 2 is 1.86 bits per heavy atom. The number of benzene rings is 1. The second-order valence-corrected chi connectivity index (χ2v) is 8.98. The van der Waals surface area contributed by atoms with Gasteiger partial charge in [-0.3, -0.25) is 4.79 Å². The quantitative estimate of drug-likeness (QED) is 0.734. The second kappa shape index (κ2) is 4.73. The van der Waals surface area contributed by atoms with Crippen LogP contribution in [-0.4, -0.2) is 10.8 Å². The number of hydrogen-bond acceptors (Lipinski definition) is 1. The molecule has 1 N–H and O–H groups in total. The normalized spacial score (nSPS) is 40.3. The van der Waals surface area contributed by atoms with Gasteiger partial charge >= 0.3 is 0 Å². The van der Waals surface area contributed by atoms with Gasteiger partial charge < -0.3 is 5.32 Å². The lowest BCUT2D eigenvalue weighted by atomic mass is 9.49. The second-order valence-electron chi connectivity index (χ2n) is 7.33. The summed E-state index contributed by atoms with van der Waals surface area (Å²) in [6.07, 6.45) is 6.39. The van der Waals surface area contributed by atoms with Crippen molar-refractivity contribution < 1.29 is 4.79 Å². The van der Waals surface area contributed by atoms with Crippen molar-refractivity contribution in [2.75, 3.05) is 5.32 Å². The third kappa shape index (κ3) is 2.33. The molecule has 1 aromatic rings. The summed E-state index contributed by atoms with van der Waals surface area (Å²) in [6, 6.07) is 7.80. The number of hydrogen-bond donors (Lipinski definition) is 1. The van der Waals surface area contributed by atoms with Crippen LogP contribution in [0.5, 0.6) is 0 Å². The SMILES string of the molecule is O=C(Nc1ccccc1Br)C12C[C@H]3C[C@@H](CC(Cl)(C3)C1)C2. The van der Waals surface area contributed by atoms with E-state index in [-0.39, 0.29) is 16.2 Å². The zero-order chi connectivity index (χ0) is 14.7. The Labute approximate surface area is 138 Å². The lowest BCUT2D eigenvalue weighted by Gasteiger charge is -2.59. The number of amides is 1. The molecular formula is C17H19BrClNO. The number of alkyl halides is 1. The number of nitrogens with one attached hydrogen (secondary N) is 1. The maximum absolute atomic E-state index is 13.0. The Balaban J connectivity index is 1.61. The largest absolute Gasteiger partial charge is 0.325 e. The van der Waals surface area contributed by atoms with Crippen LogP contribution in [-0.2, 0) is 4.79 Å². The van der Waals surface area contributed by atoms with Gasteiger partial charge in [0.2, 0.25) is 5.91 Å². The molecule has 0 heterocycles. The minimum Gasteiger partial charge on any atom is -0.325 e. The van der Waals surface area contributed by atoms with E-state index in [4.69, 9.17) is 11.6 Å². The van der Waals surface area contributed by atoms with Gasteiger partial charge in [0.15, 0.2) is 0 Å². The number of carbonyl (C=O) groups excluding carboxylic acids is 1. The summed E-state index contributed by atoms with van der Waals surface area (Å²) in [5.41, 5.74) is 0.628. The van der Waals surface area contributed by atoms with Gasteiger partial charge in [-0.25, -0.2) is 0 Å². The zero-order valence-electron chi connectivity index (χ0n) is 11.9. The molecule has 1 aromatic carbocycles. The molecular weight excluding hydrogens is 350 g/mol. The van der Waals surface area contributed by atoms with E-state index in [1.54, 1.807) is 0 Å². The predicted octanol–water partition coefficient (Wildman–Crippen LogP) is 4.97. The van der Waals surface area contributed by atoms with E-state index in [1.165, 1.54) is 6.42 Å². The van der Waals surface area contributed by atoms with Gasteiger partial charge in [-0.05, 0) is 78.4 Å². The van der Waals surface area contributed by atoms with Crippen LogP contribution in [0, 0.1) is 17.3 Å². The first-order valence-electron chi connectivity index (χ1n) is 7.73. The highest BCUT2D eigenvalue weighted by Crippen LogP contribution is 2.64. The van der Waals surface area contributed by atoms with Crippen molar-refractivity contribution in [3.63, 3.8) is 0 Å². The van der Waals surface area contributed by atoms with Crippen LogP contribution < -0.4 is 5.32 Å². The highest BCUT2D eigenvalue weighted by molar-refractivity contribution is 9.10. The number of rotatable bonds is 2. The molecule has 4 aliphatic rings. The van der Waals surface area contributed by atoms with Crippen LogP contribution in [0.15, 0.2) is 28.7 Å². The maximum Gasteiger partial charge on any atom is 0.230 e. The Kier molecular flexibility index (Phi) is 3.17. The molecule has 4 saturated carbocycles. The first kappa shape index (κ1) is 14.1. The van der Waals surface area contributed by atoms with Crippen molar-refractivity contribution in [3.8, 4) is 0 Å². The van der Waals surface area contributed by atoms with Gasteiger partial charge in [0.1, 0.15) is 0 Å². The molecule has 21 heavy (non-hydrogen) atoms. The summed E-state index contributed by atoms with van der Waals surface area (Å²) in [5.74, 6) is 1.47. The molecule has 0 radical (unpaired) electrons. The Morgan fingerprint density at radius 1 is 1.19 bits per heavy atom. The molecule has 2 atom stereocenters. The minimum atomic E-state index is -0.235. The number of anilines is 1. The van der Waals surface area contributed by atoms with E-state index < -0.39 is 0 Å². The average molecular weight is 369 g/mol. The first-order chi connectivity index (χ1) is 9.98. The van der Waals surface area contributed by atoms with Crippen molar-refractivity contribution in [3.05, 3.63) is 28.7 Å². The fourth-order valence-corrected chi connectivity index (χ4v) is 6.31. The van der Waals surface area contributed by atoms with Crippen molar-refractivity contribution >= 4 is 39.1 Å². The lowest BCUT2D eigenvalue weighted by molar-refractivity contribution is -0.138. The molecule has 4 bridgehead atoms. The molecule has 5 rings (SSSR count). The van der Waals surface area contributed by atoms with Gasteiger partial charge in [-0.15, -0.1) is 11.6 Å². The van der Waals surface area contributed by atoms with E-state index >= 15 is 0 Å². The molecule has 0 spiro atoms. The van der Waals surface area contributed by atoms with Gasteiger partial charge in [0, 0.05) is 9.35 Å². The van der Waals surface area contributed by atoms with E-state index in [9.17, 15) is 4.79 Å². The van der Waals surface area contributed by atoms with Crippen molar-refractivity contribution in [2.24, 2.45) is 17.3 Å². The fourth-order valence-electron chi connectivity index (χ4n) is 5.23. The van der Waals surface area contributed by atoms with Crippen LogP contribution in [0.3, 0.4) is 0 Å². The monoisotopic (exact) mass is 367 g/mol. The van der Waals surface area contributed by atoms with Gasteiger partial charge in [0.05, 0.1) is 11.1 Å². The Morgan fingerprint density at radius 3 is 2.48 bits per heavy atom. The molecule has 0 aliphatic heterocycles. The molecule has 2 nitrogen and oxygen atoms in total. The average Bonchev–Trinajstić information content (AvgIpc) is 2.38. The van der Waals surface area contributed by atoms with Crippen LogP contribution >= 0.6 is 27.5 Å². The molecule has 112 valence electrons. The van der Waals surface area contributed by atoms with Crippen LogP contribution in [0.2, 0.25) is 0 Å². The van der Waals surface area contributed by atoms with Crippen LogP contribution in [0.4, 0.5) is 5.69 Å². The van der Waals surface area contributed by atoms with E-state index in [1.807, 2.05) is 24.3 Å². The third-order valence-corrected chi connectivity index (χ3v) is 6.73. The molecule has 4 aliphatic carbocycles. The third-order valence-electron chi connectivity index (χ3n) is 5.59. The van der Waals surface area contributed by atoms with E-state index in [0.29, 0.717) is 11.8 Å². The van der Waals surface area contributed by atoms with Crippen LogP contribution in [0.1, 0.15) is 38.5 Å². The maximum atomic E-state index is 13.0. The Bertz CT molecular complexity index is 588. The predicted molar refractivity (Wildman–Crippen MR) is 88.5 cm³/mol. The summed E-state index contributed by atoms with van der Waals surface area (Å²) < 4.78 is 0.934. The molecule has 0 unspecified atom stereocenters. The minimum absolute atomic E-state index is 0.116. The fraction of sp³-hybridized carbons (Fsp3) is 0.588.